The molecule has 0 aromatic heterocycles. The van der Waals surface area contributed by atoms with Gasteiger partial charge in [0.05, 0.1) is 13.7 Å². The molecule has 92 valence electrons. The summed E-state index contributed by atoms with van der Waals surface area (Å²) in [6.07, 6.45) is 1.36. The topological polar surface area (TPSA) is 47.6 Å². The van der Waals surface area contributed by atoms with E-state index in [2.05, 4.69) is 11.4 Å². The maximum Gasteiger partial charge on any atom is 0.407 e. The smallest absolute Gasteiger partial charge is 0.407 e. The molecule has 1 aliphatic carbocycles. The first-order chi connectivity index (χ1) is 8.22. The highest BCUT2D eigenvalue weighted by atomic mass is 16.5. The molecular weight excluding hydrogens is 218 g/mol. The van der Waals surface area contributed by atoms with Crippen molar-refractivity contribution in [2.75, 3.05) is 13.7 Å². The van der Waals surface area contributed by atoms with Gasteiger partial charge in [-0.3, -0.25) is 0 Å². The van der Waals surface area contributed by atoms with Crippen molar-refractivity contribution in [3.63, 3.8) is 0 Å². The number of carbonyl (C=O) groups excluding carboxylic acids is 1. The predicted octanol–water partition coefficient (Wildman–Crippen LogP) is 1.91. The van der Waals surface area contributed by atoms with Crippen LogP contribution in [0.15, 0.2) is 18.2 Å². The molecule has 4 nitrogen and oxygen atoms in total. The van der Waals surface area contributed by atoms with Crippen LogP contribution in [-0.2, 0) is 17.6 Å². The molecule has 0 radical (unpaired) electrons. The van der Waals surface area contributed by atoms with E-state index in [1.807, 2.05) is 12.1 Å². The summed E-state index contributed by atoms with van der Waals surface area (Å²) in [5, 5.41) is 2.86. The standard InChI is InChI=1S/C13H17NO3/c1-3-17-13(15)14-11-6-9-4-5-12(16-2)8-10(9)7-11/h4-5,8,11H,3,6-7H2,1-2H3,(H,14,15). The second-order valence-electron chi connectivity index (χ2n) is 4.10. The number of alkyl carbamates (subject to hydrolysis) is 1. The zero-order chi connectivity index (χ0) is 12.3. The Morgan fingerprint density at radius 3 is 2.88 bits per heavy atom. The maximum absolute atomic E-state index is 11.3. The fourth-order valence-electron chi connectivity index (χ4n) is 2.16. The molecule has 0 heterocycles. The second kappa shape index (κ2) is 5.08. The Balaban J connectivity index is 1.98. The molecule has 2 rings (SSSR count). The Bertz CT molecular complexity index is 417. The van der Waals surface area contributed by atoms with Gasteiger partial charge in [-0.15, -0.1) is 0 Å². The highest BCUT2D eigenvalue weighted by Gasteiger charge is 2.23. The lowest BCUT2D eigenvalue weighted by Gasteiger charge is -2.11. The van der Waals surface area contributed by atoms with Crippen molar-refractivity contribution >= 4 is 6.09 Å². The lowest BCUT2D eigenvalue weighted by molar-refractivity contribution is 0.148. The van der Waals surface area contributed by atoms with E-state index in [4.69, 9.17) is 9.47 Å². The third-order valence-electron chi connectivity index (χ3n) is 2.94. The van der Waals surface area contributed by atoms with Crippen LogP contribution in [0, 0.1) is 0 Å². The number of ether oxygens (including phenoxy) is 2. The minimum Gasteiger partial charge on any atom is -0.497 e. The molecule has 1 amide bonds. The quantitative estimate of drug-likeness (QED) is 0.870. The van der Waals surface area contributed by atoms with Gasteiger partial charge in [0, 0.05) is 6.04 Å². The predicted molar refractivity (Wildman–Crippen MR) is 64.3 cm³/mol. The Kier molecular flexibility index (Phi) is 3.52. The highest BCUT2D eigenvalue weighted by Crippen LogP contribution is 2.26. The number of carbonyl (C=O) groups is 1. The zero-order valence-electron chi connectivity index (χ0n) is 10.2. The summed E-state index contributed by atoms with van der Waals surface area (Å²) >= 11 is 0. The summed E-state index contributed by atoms with van der Waals surface area (Å²) in [6.45, 7) is 2.20. The van der Waals surface area contributed by atoms with Gasteiger partial charge >= 0.3 is 6.09 Å². The van der Waals surface area contributed by atoms with E-state index >= 15 is 0 Å². The first-order valence-corrected chi connectivity index (χ1v) is 5.82. The molecule has 4 heteroatoms. The van der Waals surface area contributed by atoms with E-state index in [0.717, 1.165) is 18.6 Å². The molecule has 0 saturated carbocycles. The monoisotopic (exact) mass is 235 g/mol. The summed E-state index contributed by atoms with van der Waals surface area (Å²) in [4.78, 5) is 11.3. The summed E-state index contributed by atoms with van der Waals surface area (Å²) in [7, 11) is 1.66. The lowest BCUT2D eigenvalue weighted by atomic mass is 10.1. The molecule has 1 unspecified atom stereocenters. The first-order valence-electron chi connectivity index (χ1n) is 5.82. The molecule has 17 heavy (non-hydrogen) atoms. The minimum absolute atomic E-state index is 0.135. The zero-order valence-corrected chi connectivity index (χ0v) is 10.2. The number of benzene rings is 1. The largest absolute Gasteiger partial charge is 0.497 e. The fraction of sp³-hybridized carbons (Fsp3) is 0.462. The molecule has 1 atom stereocenters. The molecule has 0 bridgehead atoms. The summed E-state index contributed by atoms with van der Waals surface area (Å²) < 4.78 is 10.1. The van der Waals surface area contributed by atoms with Crippen LogP contribution in [-0.4, -0.2) is 25.9 Å². The van der Waals surface area contributed by atoms with E-state index in [0.29, 0.717) is 6.61 Å². The molecule has 1 N–H and O–H groups in total. The van der Waals surface area contributed by atoms with Crippen molar-refractivity contribution in [3.8, 4) is 5.75 Å². The maximum atomic E-state index is 11.3. The van der Waals surface area contributed by atoms with Crippen molar-refractivity contribution < 1.29 is 14.3 Å². The van der Waals surface area contributed by atoms with Gasteiger partial charge in [-0.05, 0) is 43.0 Å². The van der Waals surface area contributed by atoms with E-state index in [1.165, 1.54) is 11.1 Å². The van der Waals surface area contributed by atoms with Crippen LogP contribution in [0.1, 0.15) is 18.1 Å². The molecule has 1 aliphatic rings. The van der Waals surface area contributed by atoms with Crippen LogP contribution >= 0.6 is 0 Å². The van der Waals surface area contributed by atoms with Crippen LogP contribution < -0.4 is 10.1 Å². The molecule has 1 aromatic rings. The van der Waals surface area contributed by atoms with Crippen molar-refractivity contribution in [2.45, 2.75) is 25.8 Å². The van der Waals surface area contributed by atoms with Crippen LogP contribution in [0.2, 0.25) is 0 Å². The number of rotatable bonds is 3. The minimum atomic E-state index is -0.336. The normalized spacial score (nSPS) is 17.4. The van der Waals surface area contributed by atoms with Crippen LogP contribution in [0.25, 0.3) is 0 Å². The Morgan fingerprint density at radius 2 is 2.18 bits per heavy atom. The first kappa shape index (κ1) is 11.8. The molecule has 1 aromatic carbocycles. The SMILES string of the molecule is CCOC(=O)NC1Cc2ccc(OC)cc2C1. The van der Waals surface area contributed by atoms with Crippen LogP contribution in [0.5, 0.6) is 5.75 Å². The third-order valence-corrected chi connectivity index (χ3v) is 2.94. The lowest BCUT2D eigenvalue weighted by Crippen LogP contribution is -2.35. The van der Waals surface area contributed by atoms with Crippen molar-refractivity contribution in [1.82, 2.24) is 5.32 Å². The Morgan fingerprint density at radius 1 is 1.41 bits per heavy atom. The highest BCUT2D eigenvalue weighted by molar-refractivity contribution is 5.68. The number of methoxy groups -OCH3 is 1. The fourth-order valence-corrected chi connectivity index (χ4v) is 2.16. The Labute approximate surface area is 101 Å². The van der Waals surface area contributed by atoms with Gasteiger partial charge in [-0.1, -0.05) is 6.07 Å². The molecule has 0 spiro atoms. The summed E-state index contributed by atoms with van der Waals surface area (Å²) in [5.74, 6) is 0.862. The van der Waals surface area contributed by atoms with E-state index in [9.17, 15) is 4.79 Å². The number of hydrogen-bond donors (Lipinski definition) is 1. The van der Waals surface area contributed by atoms with Gasteiger partial charge in [-0.2, -0.15) is 0 Å². The van der Waals surface area contributed by atoms with E-state index in [1.54, 1.807) is 14.0 Å². The third kappa shape index (κ3) is 2.70. The van der Waals surface area contributed by atoms with Crippen LogP contribution in [0.3, 0.4) is 0 Å². The summed E-state index contributed by atoms with van der Waals surface area (Å²) in [6, 6.07) is 6.17. The number of hydrogen-bond acceptors (Lipinski definition) is 3. The molecule has 0 aliphatic heterocycles. The number of fused-ring (bicyclic) bond motifs is 1. The average molecular weight is 235 g/mol. The van der Waals surface area contributed by atoms with Gasteiger partial charge in [0.25, 0.3) is 0 Å². The van der Waals surface area contributed by atoms with E-state index in [-0.39, 0.29) is 12.1 Å². The molecular formula is C13H17NO3. The van der Waals surface area contributed by atoms with Crippen LogP contribution in [0.4, 0.5) is 4.79 Å². The van der Waals surface area contributed by atoms with E-state index < -0.39 is 0 Å². The van der Waals surface area contributed by atoms with Crippen molar-refractivity contribution in [1.29, 1.82) is 0 Å². The van der Waals surface area contributed by atoms with Crippen molar-refractivity contribution in [3.05, 3.63) is 29.3 Å². The average Bonchev–Trinajstić information content (AvgIpc) is 2.69. The van der Waals surface area contributed by atoms with Gasteiger partial charge < -0.3 is 14.8 Å². The number of nitrogens with one attached hydrogen (secondary N) is 1. The molecule has 0 saturated heterocycles. The Hall–Kier alpha value is -1.71. The van der Waals surface area contributed by atoms with Gasteiger partial charge in [-0.25, -0.2) is 4.79 Å². The molecule has 0 fully saturated rings. The van der Waals surface area contributed by atoms with Gasteiger partial charge in [0.2, 0.25) is 0 Å². The van der Waals surface area contributed by atoms with Crippen molar-refractivity contribution in [2.24, 2.45) is 0 Å². The summed E-state index contributed by atoms with van der Waals surface area (Å²) in [5.41, 5.74) is 2.51. The van der Waals surface area contributed by atoms with Gasteiger partial charge in [0.15, 0.2) is 0 Å². The second-order valence-corrected chi connectivity index (χ2v) is 4.10. The van der Waals surface area contributed by atoms with Gasteiger partial charge in [0.1, 0.15) is 5.75 Å². The number of amides is 1.